The van der Waals surface area contributed by atoms with Crippen molar-refractivity contribution in [2.45, 2.75) is 31.8 Å². The first kappa shape index (κ1) is 19.0. The van der Waals surface area contributed by atoms with Crippen LogP contribution in [0.2, 0.25) is 0 Å². The van der Waals surface area contributed by atoms with E-state index in [2.05, 4.69) is 48.3 Å². The normalized spacial score (nSPS) is 18.2. The van der Waals surface area contributed by atoms with Gasteiger partial charge in [0.1, 0.15) is 22.9 Å². The molecule has 3 N–H and O–H groups in total. The molecule has 0 bridgehead atoms. The molecule has 6 heteroatoms. The number of fused-ring (bicyclic) bond motifs is 2. The van der Waals surface area contributed by atoms with Crippen molar-refractivity contribution in [1.29, 1.82) is 0 Å². The van der Waals surface area contributed by atoms with Crippen molar-refractivity contribution in [2.75, 3.05) is 5.73 Å². The molecule has 1 aliphatic rings. The highest BCUT2D eigenvalue weighted by atomic mass is 16.3. The lowest BCUT2D eigenvalue weighted by Crippen LogP contribution is -2.27. The van der Waals surface area contributed by atoms with Gasteiger partial charge in [-0.05, 0) is 31.4 Å². The summed E-state index contributed by atoms with van der Waals surface area (Å²) in [6.07, 6.45) is 4.80. The quantitative estimate of drug-likeness (QED) is 0.439. The van der Waals surface area contributed by atoms with Crippen LogP contribution in [0.25, 0.3) is 38.9 Å². The number of rotatable bonds is 3. The van der Waals surface area contributed by atoms with E-state index in [1.807, 2.05) is 28.8 Å². The summed E-state index contributed by atoms with van der Waals surface area (Å²) in [5.74, 6) is 1.60. The van der Waals surface area contributed by atoms with Crippen LogP contribution in [-0.2, 0) is 0 Å². The molecule has 3 heterocycles. The maximum atomic E-state index is 9.83. The fraction of sp³-hybridized carbons (Fsp3) is 0.192. The predicted octanol–water partition coefficient (Wildman–Crippen LogP) is 4.74. The number of anilines is 1. The van der Waals surface area contributed by atoms with E-state index >= 15 is 0 Å². The second-order valence-electron chi connectivity index (χ2n) is 8.54. The molecule has 0 atom stereocenters. The second-order valence-corrected chi connectivity index (χ2v) is 8.54. The van der Waals surface area contributed by atoms with Crippen molar-refractivity contribution < 1.29 is 5.11 Å². The van der Waals surface area contributed by atoms with E-state index in [0.29, 0.717) is 5.82 Å². The average Bonchev–Trinajstić information content (AvgIpc) is 3.18. The van der Waals surface area contributed by atoms with Gasteiger partial charge in [0, 0.05) is 34.8 Å². The Balaban J connectivity index is 1.56. The first-order valence-electron chi connectivity index (χ1n) is 10.9. The molecule has 6 rings (SSSR count). The van der Waals surface area contributed by atoms with Crippen LogP contribution in [0, 0.1) is 6.92 Å². The lowest BCUT2D eigenvalue weighted by atomic mass is 9.82. The Labute approximate surface area is 185 Å². The van der Waals surface area contributed by atoms with Crippen LogP contribution < -0.4 is 5.73 Å². The van der Waals surface area contributed by atoms with Crippen LogP contribution in [0.1, 0.15) is 30.1 Å². The van der Waals surface area contributed by atoms with Crippen molar-refractivity contribution in [3.63, 3.8) is 0 Å². The van der Waals surface area contributed by atoms with E-state index in [0.717, 1.165) is 63.2 Å². The Morgan fingerprint density at radius 1 is 1.00 bits per heavy atom. The second kappa shape index (κ2) is 7.14. The van der Waals surface area contributed by atoms with E-state index in [-0.39, 0.29) is 12.0 Å². The largest absolute Gasteiger partial charge is 0.393 e. The van der Waals surface area contributed by atoms with E-state index in [1.165, 1.54) is 0 Å². The molecule has 3 aromatic heterocycles. The van der Waals surface area contributed by atoms with Gasteiger partial charge < -0.3 is 10.8 Å². The molecular weight excluding hydrogens is 398 g/mol. The van der Waals surface area contributed by atoms with Gasteiger partial charge in [0.05, 0.1) is 17.3 Å². The highest BCUT2D eigenvalue weighted by Gasteiger charge is 2.33. The van der Waals surface area contributed by atoms with Crippen LogP contribution in [0.15, 0.2) is 67.0 Å². The smallest absolute Gasteiger partial charge is 0.150 e. The number of aliphatic hydroxyl groups excluding tert-OH is 1. The van der Waals surface area contributed by atoms with E-state index in [9.17, 15) is 5.11 Å². The van der Waals surface area contributed by atoms with E-state index in [4.69, 9.17) is 15.7 Å². The number of benzene rings is 2. The number of aliphatic hydroxyl groups is 1. The molecule has 0 saturated heterocycles. The van der Waals surface area contributed by atoms with Gasteiger partial charge in [-0.1, -0.05) is 48.5 Å². The average molecular weight is 422 g/mol. The summed E-state index contributed by atoms with van der Waals surface area (Å²) in [6, 6.07) is 18.6. The summed E-state index contributed by atoms with van der Waals surface area (Å²) in [6.45, 7) is 2.09. The molecule has 32 heavy (non-hydrogen) atoms. The third kappa shape index (κ3) is 2.87. The zero-order valence-corrected chi connectivity index (χ0v) is 17.7. The standard InChI is InChI=1S/C26H23N5O/c1-15-20(9-7-17-8-10-21(29-22(15)17)16-5-3-2-4-6-16)23-24-25(27)28-11-12-31(24)26(30-23)18-13-19(32)14-18/h2-12,18-19,32H,13-14H2,1H3,(H2,27,28). The van der Waals surface area contributed by atoms with Gasteiger partial charge >= 0.3 is 0 Å². The van der Waals surface area contributed by atoms with Crippen molar-refractivity contribution in [3.05, 3.63) is 78.4 Å². The Kier molecular flexibility index (Phi) is 4.23. The van der Waals surface area contributed by atoms with Gasteiger partial charge in [-0.15, -0.1) is 0 Å². The first-order valence-corrected chi connectivity index (χ1v) is 10.9. The molecule has 6 nitrogen and oxygen atoms in total. The SMILES string of the molecule is Cc1c(-c2nc(C3CC(O)C3)n3ccnc(N)c23)ccc2ccc(-c3ccccc3)nc12. The number of pyridine rings is 1. The minimum Gasteiger partial charge on any atom is -0.393 e. The zero-order chi connectivity index (χ0) is 21.8. The molecule has 5 aromatic rings. The lowest BCUT2D eigenvalue weighted by Gasteiger charge is -2.30. The maximum Gasteiger partial charge on any atom is 0.150 e. The van der Waals surface area contributed by atoms with Crippen LogP contribution in [0.5, 0.6) is 0 Å². The molecule has 0 unspecified atom stereocenters. The Morgan fingerprint density at radius 3 is 2.56 bits per heavy atom. The van der Waals surface area contributed by atoms with Gasteiger partial charge in [0.15, 0.2) is 0 Å². The maximum absolute atomic E-state index is 9.83. The number of aryl methyl sites for hydroxylation is 1. The number of imidazole rings is 1. The summed E-state index contributed by atoms with van der Waals surface area (Å²) < 4.78 is 2.03. The lowest BCUT2D eigenvalue weighted by molar-refractivity contribution is 0.0715. The van der Waals surface area contributed by atoms with Gasteiger partial charge in [0.2, 0.25) is 0 Å². The number of nitrogens with zero attached hydrogens (tertiary/aromatic N) is 4. The topological polar surface area (TPSA) is 89.3 Å². The highest BCUT2D eigenvalue weighted by Crippen LogP contribution is 2.40. The summed E-state index contributed by atoms with van der Waals surface area (Å²) in [5.41, 5.74) is 13.0. The van der Waals surface area contributed by atoms with E-state index < -0.39 is 0 Å². The summed E-state index contributed by atoms with van der Waals surface area (Å²) in [4.78, 5) is 14.4. The van der Waals surface area contributed by atoms with Crippen molar-refractivity contribution in [1.82, 2.24) is 19.4 Å². The monoisotopic (exact) mass is 421 g/mol. The molecule has 0 spiro atoms. The number of hydrogen-bond acceptors (Lipinski definition) is 5. The minimum absolute atomic E-state index is 0.219. The summed E-state index contributed by atoms with van der Waals surface area (Å²) >= 11 is 0. The minimum atomic E-state index is -0.252. The third-order valence-corrected chi connectivity index (χ3v) is 6.53. The van der Waals surface area contributed by atoms with Crippen molar-refractivity contribution in [3.8, 4) is 22.5 Å². The van der Waals surface area contributed by atoms with Crippen molar-refractivity contribution >= 4 is 22.2 Å². The third-order valence-electron chi connectivity index (χ3n) is 6.53. The first-order chi connectivity index (χ1) is 15.6. The number of hydrogen-bond donors (Lipinski definition) is 2. The van der Waals surface area contributed by atoms with Crippen molar-refractivity contribution in [2.24, 2.45) is 0 Å². The molecule has 1 fully saturated rings. The van der Waals surface area contributed by atoms with Crippen LogP contribution >= 0.6 is 0 Å². The molecule has 1 saturated carbocycles. The predicted molar refractivity (Wildman–Crippen MR) is 126 cm³/mol. The van der Waals surface area contributed by atoms with Crippen LogP contribution in [0.4, 0.5) is 5.82 Å². The van der Waals surface area contributed by atoms with Crippen LogP contribution in [-0.4, -0.2) is 30.6 Å². The molecule has 0 aliphatic heterocycles. The highest BCUT2D eigenvalue weighted by molar-refractivity contribution is 5.94. The fourth-order valence-corrected chi connectivity index (χ4v) is 4.72. The molecule has 2 aromatic carbocycles. The molecular formula is C26H23N5O. The van der Waals surface area contributed by atoms with Gasteiger partial charge in [0.25, 0.3) is 0 Å². The number of nitrogen functional groups attached to an aromatic ring is 1. The Bertz CT molecular complexity index is 1470. The zero-order valence-electron chi connectivity index (χ0n) is 17.7. The Hall–Kier alpha value is -3.77. The number of nitrogens with two attached hydrogens (primary N) is 1. The van der Waals surface area contributed by atoms with E-state index in [1.54, 1.807) is 6.20 Å². The molecule has 0 radical (unpaired) electrons. The summed E-state index contributed by atoms with van der Waals surface area (Å²) in [5, 5.41) is 10.9. The molecule has 0 amide bonds. The van der Waals surface area contributed by atoms with Gasteiger partial charge in [-0.25, -0.2) is 15.0 Å². The number of aromatic nitrogens is 4. The molecule has 1 aliphatic carbocycles. The fourth-order valence-electron chi connectivity index (χ4n) is 4.72. The van der Waals surface area contributed by atoms with Gasteiger partial charge in [-0.3, -0.25) is 4.40 Å². The molecule has 158 valence electrons. The Morgan fingerprint density at radius 2 is 1.78 bits per heavy atom. The summed E-state index contributed by atoms with van der Waals surface area (Å²) in [7, 11) is 0. The van der Waals surface area contributed by atoms with Gasteiger partial charge in [-0.2, -0.15) is 0 Å². The van der Waals surface area contributed by atoms with Crippen LogP contribution in [0.3, 0.4) is 0 Å².